The highest BCUT2D eigenvalue weighted by Crippen LogP contribution is 2.29. The van der Waals surface area contributed by atoms with E-state index in [0.717, 1.165) is 11.1 Å². The quantitative estimate of drug-likeness (QED) is 0.689. The number of halogens is 1. The topological polar surface area (TPSA) is 45.5 Å². The second-order valence-electron chi connectivity index (χ2n) is 6.34. The molecular formula is C21H21ClN2O2. The van der Waals surface area contributed by atoms with Gasteiger partial charge in [-0.25, -0.2) is 0 Å². The van der Waals surface area contributed by atoms with Gasteiger partial charge in [0.05, 0.1) is 11.1 Å². The van der Waals surface area contributed by atoms with Gasteiger partial charge in [-0.2, -0.15) is 0 Å². The fourth-order valence-electron chi connectivity index (χ4n) is 2.78. The summed E-state index contributed by atoms with van der Waals surface area (Å²) in [6, 6.07) is 20.6. The molecule has 1 aromatic heterocycles. The van der Waals surface area contributed by atoms with E-state index in [9.17, 15) is 4.79 Å². The Morgan fingerprint density at radius 3 is 2.42 bits per heavy atom. The van der Waals surface area contributed by atoms with Crippen molar-refractivity contribution in [3.63, 3.8) is 0 Å². The van der Waals surface area contributed by atoms with E-state index in [1.165, 1.54) is 0 Å². The summed E-state index contributed by atoms with van der Waals surface area (Å²) in [5.41, 5.74) is 1.81. The molecule has 0 saturated heterocycles. The number of carbonyl (C=O) groups excluding carboxylic acids is 1. The molecule has 0 aliphatic rings. The second kappa shape index (κ2) is 8.21. The zero-order chi connectivity index (χ0) is 18.5. The number of rotatable bonds is 6. The van der Waals surface area contributed by atoms with Gasteiger partial charge in [0.2, 0.25) is 0 Å². The summed E-state index contributed by atoms with van der Waals surface area (Å²) in [7, 11) is 3.95. The van der Waals surface area contributed by atoms with Crippen LogP contribution in [0.2, 0.25) is 5.02 Å². The Bertz CT molecular complexity index is 874. The van der Waals surface area contributed by atoms with Crippen LogP contribution in [0, 0.1) is 0 Å². The second-order valence-corrected chi connectivity index (χ2v) is 6.75. The highest BCUT2D eigenvalue weighted by molar-refractivity contribution is 6.33. The standard InChI is InChI=1S/C21H21ClN2O2/c1-24(2)14-18(15-8-4-3-5-9-15)23-21(25)20-13-12-19(26-20)16-10-6-7-11-17(16)22/h3-13,18H,14H2,1-2H3,(H,23,25). The van der Waals surface area contributed by atoms with E-state index in [1.54, 1.807) is 18.2 Å². The Morgan fingerprint density at radius 1 is 1.04 bits per heavy atom. The Hall–Kier alpha value is -2.56. The molecule has 0 bridgehead atoms. The monoisotopic (exact) mass is 368 g/mol. The SMILES string of the molecule is CN(C)CC(NC(=O)c1ccc(-c2ccccc2Cl)o1)c1ccccc1. The van der Waals surface area contributed by atoms with Gasteiger partial charge in [0, 0.05) is 12.1 Å². The molecular weight excluding hydrogens is 348 g/mol. The van der Waals surface area contributed by atoms with E-state index in [0.29, 0.717) is 17.3 Å². The minimum atomic E-state index is -0.251. The predicted molar refractivity (Wildman–Crippen MR) is 104 cm³/mol. The van der Waals surface area contributed by atoms with Crippen LogP contribution in [0.5, 0.6) is 0 Å². The summed E-state index contributed by atoms with van der Waals surface area (Å²) in [6.07, 6.45) is 0. The van der Waals surface area contributed by atoms with Gasteiger partial charge in [0.25, 0.3) is 5.91 Å². The zero-order valence-corrected chi connectivity index (χ0v) is 15.5. The molecule has 1 atom stereocenters. The largest absolute Gasteiger partial charge is 0.451 e. The molecule has 2 aromatic carbocycles. The predicted octanol–water partition coefficient (Wildman–Crippen LogP) is 4.63. The number of hydrogen-bond acceptors (Lipinski definition) is 3. The first kappa shape index (κ1) is 18.2. The molecule has 0 spiro atoms. The first-order chi connectivity index (χ1) is 12.5. The maximum absolute atomic E-state index is 12.7. The van der Waals surface area contributed by atoms with Gasteiger partial charge in [0.1, 0.15) is 5.76 Å². The lowest BCUT2D eigenvalue weighted by Gasteiger charge is -2.22. The number of hydrogen-bond donors (Lipinski definition) is 1. The van der Waals surface area contributed by atoms with Crippen LogP contribution in [0.3, 0.4) is 0 Å². The van der Waals surface area contributed by atoms with Crippen molar-refractivity contribution >= 4 is 17.5 Å². The van der Waals surface area contributed by atoms with Crippen LogP contribution < -0.4 is 5.32 Å². The molecule has 1 N–H and O–H groups in total. The summed E-state index contributed by atoms with van der Waals surface area (Å²) < 4.78 is 5.74. The highest BCUT2D eigenvalue weighted by atomic mass is 35.5. The average molecular weight is 369 g/mol. The lowest BCUT2D eigenvalue weighted by molar-refractivity contribution is 0.0902. The molecule has 1 amide bonds. The lowest BCUT2D eigenvalue weighted by Crippen LogP contribution is -2.35. The number of carbonyl (C=O) groups is 1. The number of nitrogens with one attached hydrogen (secondary N) is 1. The van der Waals surface area contributed by atoms with Crippen molar-refractivity contribution in [2.45, 2.75) is 6.04 Å². The van der Waals surface area contributed by atoms with E-state index in [-0.39, 0.29) is 17.7 Å². The van der Waals surface area contributed by atoms with E-state index in [4.69, 9.17) is 16.0 Å². The van der Waals surface area contributed by atoms with Gasteiger partial charge in [0.15, 0.2) is 5.76 Å². The highest BCUT2D eigenvalue weighted by Gasteiger charge is 2.19. The Morgan fingerprint density at radius 2 is 1.73 bits per heavy atom. The van der Waals surface area contributed by atoms with Crippen molar-refractivity contribution < 1.29 is 9.21 Å². The number of likely N-dealkylation sites (N-methyl/N-ethyl adjacent to an activating group) is 1. The van der Waals surface area contributed by atoms with Gasteiger partial charge in [-0.15, -0.1) is 0 Å². The van der Waals surface area contributed by atoms with Gasteiger partial charge in [-0.05, 0) is 43.9 Å². The van der Waals surface area contributed by atoms with Crippen molar-refractivity contribution in [1.82, 2.24) is 10.2 Å². The Balaban J connectivity index is 1.79. The van der Waals surface area contributed by atoms with Crippen molar-refractivity contribution in [3.05, 3.63) is 83.1 Å². The third-order valence-electron chi connectivity index (χ3n) is 4.02. The fraction of sp³-hybridized carbons (Fsp3) is 0.190. The molecule has 5 heteroatoms. The average Bonchev–Trinajstić information content (AvgIpc) is 3.12. The van der Waals surface area contributed by atoms with Crippen LogP contribution in [0.1, 0.15) is 22.2 Å². The molecule has 0 radical (unpaired) electrons. The molecule has 1 unspecified atom stereocenters. The molecule has 1 heterocycles. The van der Waals surface area contributed by atoms with Crippen LogP contribution in [-0.2, 0) is 0 Å². The first-order valence-electron chi connectivity index (χ1n) is 8.40. The van der Waals surface area contributed by atoms with E-state index in [2.05, 4.69) is 5.32 Å². The summed E-state index contributed by atoms with van der Waals surface area (Å²) >= 11 is 6.20. The van der Waals surface area contributed by atoms with E-state index in [1.807, 2.05) is 67.5 Å². The van der Waals surface area contributed by atoms with Crippen LogP contribution >= 0.6 is 11.6 Å². The maximum atomic E-state index is 12.7. The van der Waals surface area contributed by atoms with Crippen LogP contribution in [-0.4, -0.2) is 31.4 Å². The van der Waals surface area contributed by atoms with Crippen LogP contribution in [0.4, 0.5) is 0 Å². The maximum Gasteiger partial charge on any atom is 0.287 e. The lowest BCUT2D eigenvalue weighted by atomic mass is 10.1. The zero-order valence-electron chi connectivity index (χ0n) is 14.8. The molecule has 3 rings (SSSR count). The van der Waals surface area contributed by atoms with Crippen molar-refractivity contribution in [2.75, 3.05) is 20.6 Å². The summed E-state index contributed by atoms with van der Waals surface area (Å²) in [4.78, 5) is 14.7. The van der Waals surface area contributed by atoms with Gasteiger partial charge < -0.3 is 14.6 Å². The third kappa shape index (κ3) is 4.34. The molecule has 0 fully saturated rings. The molecule has 0 saturated carbocycles. The van der Waals surface area contributed by atoms with Gasteiger partial charge in [-0.3, -0.25) is 4.79 Å². The third-order valence-corrected chi connectivity index (χ3v) is 4.35. The summed E-state index contributed by atoms with van der Waals surface area (Å²) in [6.45, 7) is 0.688. The first-order valence-corrected chi connectivity index (χ1v) is 8.77. The van der Waals surface area contributed by atoms with Crippen LogP contribution in [0.15, 0.2) is 71.1 Å². The minimum Gasteiger partial charge on any atom is -0.451 e. The summed E-state index contributed by atoms with van der Waals surface area (Å²) in [5, 5.41) is 3.64. The number of amides is 1. The van der Waals surface area contributed by atoms with Crippen molar-refractivity contribution in [2.24, 2.45) is 0 Å². The van der Waals surface area contributed by atoms with Gasteiger partial charge >= 0.3 is 0 Å². The van der Waals surface area contributed by atoms with Crippen LogP contribution in [0.25, 0.3) is 11.3 Å². The Labute approximate surface area is 158 Å². The molecule has 134 valence electrons. The summed E-state index contributed by atoms with van der Waals surface area (Å²) in [5.74, 6) is 0.586. The normalized spacial score (nSPS) is 12.2. The molecule has 3 aromatic rings. The molecule has 0 aliphatic carbocycles. The van der Waals surface area contributed by atoms with E-state index < -0.39 is 0 Å². The minimum absolute atomic E-state index is 0.132. The molecule has 26 heavy (non-hydrogen) atoms. The Kier molecular flexibility index (Phi) is 5.76. The van der Waals surface area contributed by atoms with Crippen molar-refractivity contribution in [3.8, 4) is 11.3 Å². The number of nitrogens with zero attached hydrogens (tertiary/aromatic N) is 1. The van der Waals surface area contributed by atoms with E-state index >= 15 is 0 Å². The van der Waals surface area contributed by atoms with Gasteiger partial charge in [-0.1, -0.05) is 54.1 Å². The van der Waals surface area contributed by atoms with Crippen molar-refractivity contribution in [1.29, 1.82) is 0 Å². The number of furan rings is 1. The number of benzene rings is 2. The molecule has 0 aliphatic heterocycles. The fourth-order valence-corrected chi connectivity index (χ4v) is 3.01. The smallest absolute Gasteiger partial charge is 0.287 e. The molecule has 4 nitrogen and oxygen atoms in total.